The Morgan fingerprint density at radius 1 is 1.19 bits per heavy atom. The van der Waals surface area contributed by atoms with Crippen molar-refractivity contribution in [2.45, 2.75) is 20.0 Å². The smallest absolute Gasteiger partial charge is 0.257 e. The maximum Gasteiger partial charge on any atom is 0.257 e. The highest BCUT2D eigenvalue weighted by Gasteiger charge is 2.27. The van der Waals surface area contributed by atoms with E-state index in [-0.39, 0.29) is 17.8 Å². The third-order valence-corrected chi connectivity index (χ3v) is 4.87. The zero-order chi connectivity index (χ0) is 18.5. The molecule has 1 atom stereocenters. The number of carbonyl (C=O) groups excluding carboxylic acids is 1. The molecule has 26 heavy (non-hydrogen) atoms. The van der Waals surface area contributed by atoms with E-state index in [1.165, 1.54) is 0 Å². The van der Waals surface area contributed by atoms with E-state index in [0.717, 1.165) is 24.3 Å². The Kier molecular flexibility index (Phi) is 5.78. The van der Waals surface area contributed by atoms with E-state index in [1.54, 1.807) is 17.0 Å². The highest BCUT2D eigenvalue weighted by Crippen LogP contribution is 2.28. The number of anilines is 1. The number of nitrogens with zero attached hydrogens (tertiary/aromatic N) is 2. The van der Waals surface area contributed by atoms with Crippen LogP contribution in [0.5, 0.6) is 5.75 Å². The van der Waals surface area contributed by atoms with Gasteiger partial charge in [-0.1, -0.05) is 30.3 Å². The maximum absolute atomic E-state index is 12.9. The summed E-state index contributed by atoms with van der Waals surface area (Å²) in [6, 6.07) is 15.2. The molecule has 1 saturated heterocycles. The molecule has 0 saturated carbocycles. The van der Waals surface area contributed by atoms with Crippen LogP contribution >= 0.6 is 0 Å². The topological polar surface area (TPSA) is 53.0 Å². The highest BCUT2D eigenvalue weighted by atomic mass is 16.5. The number of amides is 1. The molecule has 1 aliphatic heterocycles. The van der Waals surface area contributed by atoms with Gasteiger partial charge in [0.25, 0.3) is 5.91 Å². The molecule has 0 unspecified atom stereocenters. The number of phenolic OH excluding ortho intramolecular Hbond substituents is 1. The third kappa shape index (κ3) is 3.83. The first-order chi connectivity index (χ1) is 12.6. The monoisotopic (exact) mass is 354 g/mol. The fraction of sp³-hybridized carbons (Fsp3) is 0.381. The molecule has 0 aromatic heterocycles. The number of phenols is 1. The summed E-state index contributed by atoms with van der Waals surface area (Å²) in [4.78, 5) is 16.8. The summed E-state index contributed by atoms with van der Waals surface area (Å²) in [6.07, 6.45) is -0.133. The zero-order valence-corrected chi connectivity index (χ0v) is 15.4. The fourth-order valence-electron chi connectivity index (χ4n) is 3.36. The molecule has 0 radical (unpaired) electrons. The van der Waals surface area contributed by atoms with Gasteiger partial charge in [0.2, 0.25) is 0 Å². The van der Waals surface area contributed by atoms with Crippen LogP contribution in [0.25, 0.3) is 0 Å². The molecule has 0 bridgehead atoms. The predicted octanol–water partition coefficient (Wildman–Crippen LogP) is 3.45. The predicted molar refractivity (Wildman–Crippen MR) is 103 cm³/mol. The number of aromatic hydroxyl groups is 1. The van der Waals surface area contributed by atoms with Crippen molar-refractivity contribution in [2.75, 3.05) is 37.7 Å². The van der Waals surface area contributed by atoms with E-state index in [2.05, 4.69) is 18.7 Å². The van der Waals surface area contributed by atoms with Gasteiger partial charge in [0.15, 0.2) is 0 Å². The average Bonchev–Trinajstić information content (AvgIpc) is 2.69. The largest absolute Gasteiger partial charge is 0.507 e. The fourth-order valence-corrected chi connectivity index (χ4v) is 3.36. The van der Waals surface area contributed by atoms with Crippen LogP contribution in [-0.2, 0) is 4.74 Å². The summed E-state index contributed by atoms with van der Waals surface area (Å²) in [5, 5.41) is 10.4. The number of morpholine rings is 1. The lowest BCUT2D eigenvalue weighted by atomic mass is 10.1. The van der Waals surface area contributed by atoms with Gasteiger partial charge in [0, 0.05) is 31.4 Å². The maximum atomic E-state index is 12.9. The Hall–Kier alpha value is -2.53. The first-order valence-corrected chi connectivity index (χ1v) is 9.17. The summed E-state index contributed by atoms with van der Waals surface area (Å²) < 4.78 is 5.83. The lowest BCUT2D eigenvalue weighted by molar-refractivity contribution is -0.0229. The van der Waals surface area contributed by atoms with Crippen LogP contribution in [0, 0.1) is 0 Å². The number of ether oxygens (including phenoxy) is 1. The summed E-state index contributed by atoms with van der Waals surface area (Å²) >= 11 is 0. The van der Waals surface area contributed by atoms with Gasteiger partial charge in [-0.15, -0.1) is 0 Å². The molecule has 2 aromatic carbocycles. The van der Waals surface area contributed by atoms with Gasteiger partial charge in [0.1, 0.15) is 11.9 Å². The van der Waals surface area contributed by atoms with Crippen LogP contribution in [0.2, 0.25) is 0 Å². The van der Waals surface area contributed by atoms with Gasteiger partial charge >= 0.3 is 0 Å². The molecule has 3 rings (SSSR count). The Bertz CT molecular complexity index is 744. The van der Waals surface area contributed by atoms with Crippen LogP contribution in [-0.4, -0.2) is 48.7 Å². The normalized spacial score (nSPS) is 17.2. The summed E-state index contributed by atoms with van der Waals surface area (Å²) in [6.45, 7) is 7.34. The number of benzene rings is 2. The van der Waals surface area contributed by atoms with E-state index in [1.807, 2.05) is 36.4 Å². The van der Waals surface area contributed by atoms with Crippen molar-refractivity contribution < 1.29 is 14.6 Å². The molecule has 0 spiro atoms. The van der Waals surface area contributed by atoms with Gasteiger partial charge in [-0.3, -0.25) is 4.79 Å². The Labute approximate surface area is 154 Å². The van der Waals surface area contributed by atoms with E-state index >= 15 is 0 Å². The van der Waals surface area contributed by atoms with Crippen molar-refractivity contribution in [3.8, 4) is 5.75 Å². The molecule has 0 aliphatic carbocycles. The lowest BCUT2D eigenvalue weighted by Crippen LogP contribution is -2.42. The van der Waals surface area contributed by atoms with Gasteiger partial charge < -0.3 is 19.6 Å². The summed E-state index contributed by atoms with van der Waals surface area (Å²) in [7, 11) is 0. The Morgan fingerprint density at radius 3 is 2.58 bits per heavy atom. The van der Waals surface area contributed by atoms with E-state index in [4.69, 9.17) is 4.74 Å². The standard InChI is InChI=1S/C21H26N2O3/c1-3-22(4-2)17-10-11-18(19(24)14-17)21(25)23-12-13-26-20(15-23)16-8-6-5-7-9-16/h5-11,14,20,24H,3-4,12-13,15H2,1-2H3/t20-/m1/s1. The van der Waals surface area contributed by atoms with E-state index < -0.39 is 0 Å². The highest BCUT2D eigenvalue weighted by molar-refractivity contribution is 5.97. The van der Waals surface area contributed by atoms with Crippen molar-refractivity contribution in [1.29, 1.82) is 0 Å². The second-order valence-corrected chi connectivity index (χ2v) is 6.40. The van der Waals surface area contributed by atoms with Gasteiger partial charge in [-0.25, -0.2) is 0 Å². The van der Waals surface area contributed by atoms with Crippen molar-refractivity contribution in [3.05, 3.63) is 59.7 Å². The minimum absolute atomic E-state index is 0.0298. The van der Waals surface area contributed by atoms with Gasteiger partial charge in [0.05, 0.1) is 18.7 Å². The molecule has 5 nitrogen and oxygen atoms in total. The first kappa shape index (κ1) is 18.3. The van der Waals surface area contributed by atoms with Gasteiger partial charge in [-0.2, -0.15) is 0 Å². The Balaban J connectivity index is 1.76. The molecular formula is C21H26N2O3. The van der Waals surface area contributed by atoms with Crippen molar-refractivity contribution >= 4 is 11.6 Å². The second-order valence-electron chi connectivity index (χ2n) is 6.40. The minimum Gasteiger partial charge on any atom is -0.507 e. The lowest BCUT2D eigenvalue weighted by Gasteiger charge is -2.33. The van der Waals surface area contributed by atoms with E-state index in [9.17, 15) is 9.90 Å². The minimum atomic E-state index is -0.155. The molecule has 2 aromatic rings. The molecule has 1 aliphatic rings. The molecule has 1 heterocycles. The molecule has 138 valence electrons. The molecular weight excluding hydrogens is 328 g/mol. The van der Waals surface area contributed by atoms with Crippen LogP contribution in [0.15, 0.2) is 48.5 Å². The number of hydrogen-bond acceptors (Lipinski definition) is 4. The first-order valence-electron chi connectivity index (χ1n) is 9.17. The number of hydrogen-bond donors (Lipinski definition) is 1. The summed E-state index contributed by atoms with van der Waals surface area (Å²) in [5.74, 6) is -0.125. The number of carbonyl (C=O) groups is 1. The van der Waals surface area contributed by atoms with Crippen molar-refractivity contribution in [3.63, 3.8) is 0 Å². The van der Waals surface area contributed by atoms with Gasteiger partial charge in [-0.05, 0) is 31.5 Å². The van der Waals surface area contributed by atoms with Crippen LogP contribution in [0.1, 0.15) is 35.9 Å². The molecule has 1 N–H and O–H groups in total. The van der Waals surface area contributed by atoms with Crippen LogP contribution in [0.4, 0.5) is 5.69 Å². The number of rotatable bonds is 5. The molecule has 1 amide bonds. The van der Waals surface area contributed by atoms with Crippen molar-refractivity contribution in [2.24, 2.45) is 0 Å². The zero-order valence-electron chi connectivity index (χ0n) is 15.4. The molecule has 1 fully saturated rings. The average molecular weight is 354 g/mol. The SMILES string of the molecule is CCN(CC)c1ccc(C(=O)N2CCO[C@@H](c3ccccc3)C2)c(O)c1. The van der Waals surface area contributed by atoms with Crippen LogP contribution in [0.3, 0.4) is 0 Å². The quantitative estimate of drug-likeness (QED) is 0.893. The second kappa shape index (κ2) is 8.23. The van der Waals surface area contributed by atoms with Crippen molar-refractivity contribution in [1.82, 2.24) is 4.90 Å². The van der Waals surface area contributed by atoms with Crippen LogP contribution < -0.4 is 4.90 Å². The third-order valence-electron chi connectivity index (χ3n) is 4.87. The summed E-state index contributed by atoms with van der Waals surface area (Å²) in [5.41, 5.74) is 2.33. The molecule has 5 heteroatoms. The Morgan fingerprint density at radius 2 is 1.92 bits per heavy atom. The van der Waals surface area contributed by atoms with E-state index in [0.29, 0.717) is 25.3 Å².